The zero-order chi connectivity index (χ0) is 15.1. The molecule has 114 valence electrons. The first-order valence-corrected chi connectivity index (χ1v) is 7.08. The Hall–Kier alpha value is -2.08. The van der Waals surface area contributed by atoms with Crippen molar-refractivity contribution in [2.45, 2.75) is 32.8 Å². The highest BCUT2D eigenvalue weighted by atomic mass is 16.5. The van der Waals surface area contributed by atoms with Gasteiger partial charge in [0.1, 0.15) is 0 Å². The topological polar surface area (TPSA) is 83.4 Å². The van der Waals surface area contributed by atoms with Gasteiger partial charge in [-0.1, -0.05) is 18.1 Å². The van der Waals surface area contributed by atoms with Crippen LogP contribution < -0.4 is 15.2 Å². The fourth-order valence-electron chi connectivity index (χ4n) is 1.97. The second-order valence-corrected chi connectivity index (χ2v) is 4.67. The van der Waals surface area contributed by atoms with E-state index in [9.17, 15) is 0 Å². The quantitative estimate of drug-likeness (QED) is 0.802. The lowest BCUT2D eigenvalue weighted by atomic mass is 10.1. The van der Waals surface area contributed by atoms with Crippen LogP contribution in [0.25, 0.3) is 0 Å². The highest BCUT2D eigenvalue weighted by molar-refractivity contribution is 5.43. The fourth-order valence-corrected chi connectivity index (χ4v) is 1.97. The third-order valence-corrected chi connectivity index (χ3v) is 3.00. The van der Waals surface area contributed by atoms with Crippen LogP contribution in [0.2, 0.25) is 0 Å². The predicted octanol–water partition coefficient (Wildman–Crippen LogP) is 2.11. The van der Waals surface area contributed by atoms with Gasteiger partial charge in [0.05, 0.1) is 7.11 Å². The Morgan fingerprint density at radius 1 is 1.24 bits per heavy atom. The molecule has 0 atom stereocenters. The van der Waals surface area contributed by atoms with Gasteiger partial charge in [-0.3, -0.25) is 0 Å². The summed E-state index contributed by atoms with van der Waals surface area (Å²) >= 11 is 0. The highest BCUT2D eigenvalue weighted by Crippen LogP contribution is 2.28. The first-order chi connectivity index (χ1) is 10.3. The molecule has 1 aromatic heterocycles. The van der Waals surface area contributed by atoms with Gasteiger partial charge in [-0.15, -0.1) is 0 Å². The number of hydrogen-bond donors (Lipinski definition) is 1. The van der Waals surface area contributed by atoms with Gasteiger partial charge in [0, 0.05) is 6.42 Å². The number of benzene rings is 1. The molecule has 2 N–H and O–H groups in total. The molecule has 6 nitrogen and oxygen atoms in total. The molecule has 0 unspecified atom stereocenters. The van der Waals surface area contributed by atoms with Crippen molar-refractivity contribution < 1.29 is 14.0 Å². The lowest BCUT2D eigenvalue weighted by Gasteiger charge is -2.10. The summed E-state index contributed by atoms with van der Waals surface area (Å²) in [5, 5.41) is 3.89. The summed E-state index contributed by atoms with van der Waals surface area (Å²) in [5.41, 5.74) is 6.67. The van der Waals surface area contributed by atoms with Crippen LogP contribution in [-0.4, -0.2) is 23.8 Å². The average molecular weight is 291 g/mol. The van der Waals surface area contributed by atoms with E-state index in [2.05, 4.69) is 17.1 Å². The number of nitrogens with zero attached hydrogens (tertiary/aromatic N) is 2. The maximum atomic E-state index is 5.73. The second kappa shape index (κ2) is 7.64. The number of aromatic nitrogens is 2. The Labute approximate surface area is 124 Å². The third-order valence-electron chi connectivity index (χ3n) is 3.00. The van der Waals surface area contributed by atoms with Crippen molar-refractivity contribution in [3.63, 3.8) is 0 Å². The predicted molar refractivity (Wildman–Crippen MR) is 78.4 cm³/mol. The van der Waals surface area contributed by atoms with Gasteiger partial charge in [0.25, 0.3) is 5.89 Å². The molecule has 1 heterocycles. The zero-order valence-corrected chi connectivity index (χ0v) is 12.5. The van der Waals surface area contributed by atoms with Crippen LogP contribution in [0.4, 0.5) is 0 Å². The largest absolute Gasteiger partial charge is 0.493 e. The van der Waals surface area contributed by atoms with Crippen molar-refractivity contribution in [3.05, 3.63) is 35.5 Å². The molecule has 2 aromatic rings. The summed E-state index contributed by atoms with van der Waals surface area (Å²) < 4.78 is 16.2. The van der Waals surface area contributed by atoms with E-state index in [1.807, 2.05) is 18.2 Å². The average Bonchev–Trinajstić information content (AvgIpc) is 2.94. The summed E-state index contributed by atoms with van der Waals surface area (Å²) in [6.45, 7) is 2.88. The molecular formula is C15H21N3O3. The Kier molecular flexibility index (Phi) is 5.57. The molecule has 0 aliphatic heterocycles. The number of rotatable bonds is 8. The third kappa shape index (κ3) is 4.19. The Morgan fingerprint density at radius 2 is 2.10 bits per heavy atom. The Morgan fingerprint density at radius 3 is 2.81 bits per heavy atom. The Bertz CT molecular complexity index is 569. The van der Waals surface area contributed by atoms with Gasteiger partial charge in [0.2, 0.25) is 0 Å². The van der Waals surface area contributed by atoms with Gasteiger partial charge in [-0.05, 0) is 37.1 Å². The Balaban J connectivity index is 2.04. The highest BCUT2D eigenvalue weighted by Gasteiger charge is 2.10. The molecule has 2 rings (SSSR count). The van der Waals surface area contributed by atoms with Gasteiger partial charge in [0.15, 0.2) is 23.9 Å². The second-order valence-electron chi connectivity index (χ2n) is 4.67. The van der Waals surface area contributed by atoms with E-state index in [1.165, 1.54) is 0 Å². The number of methoxy groups -OCH3 is 1. The summed E-state index contributed by atoms with van der Waals surface area (Å²) in [6.07, 6.45) is 2.58. The van der Waals surface area contributed by atoms with E-state index < -0.39 is 0 Å². The SMILES string of the molecule is CCCc1noc(COc2cc(CCN)ccc2OC)n1. The van der Waals surface area contributed by atoms with E-state index in [0.717, 1.165) is 24.8 Å². The minimum absolute atomic E-state index is 0.221. The molecule has 1 aromatic carbocycles. The minimum Gasteiger partial charge on any atom is -0.493 e. The number of ether oxygens (including phenoxy) is 2. The van der Waals surface area contributed by atoms with Crippen molar-refractivity contribution >= 4 is 0 Å². The van der Waals surface area contributed by atoms with Crippen LogP contribution in [0.3, 0.4) is 0 Å². The molecule has 0 bridgehead atoms. The molecule has 0 radical (unpaired) electrons. The molecule has 0 aliphatic rings. The molecule has 0 saturated carbocycles. The van der Waals surface area contributed by atoms with E-state index >= 15 is 0 Å². The monoisotopic (exact) mass is 291 g/mol. The summed E-state index contributed by atoms with van der Waals surface area (Å²) in [5.74, 6) is 2.49. The van der Waals surface area contributed by atoms with Crippen LogP contribution in [0, 0.1) is 0 Å². The summed E-state index contributed by atoms with van der Waals surface area (Å²) in [7, 11) is 1.61. The molecule has 0 aliphatic carbocycles. The first-order valence-electron chi connectivity index (χ1n) is 7.08. The van der Waals surface area contributed by atoms with E-state index in [-0.39, 0.29) is 6.61 Å². The maximum Gasteiger partial charge on any atom is 0.264 e. The van der Waals surface area contributed by atoms with Gasteiger partial charge < -0.3 is 19.7 Å². The molecule has 6 heteroatoms. The van der Waals surface area contributed by atoms with Crippen LogP contribution in [0.15, 0.2) is 22.7 Å². The van der Waals surface area contributed by atoms with Crippen molar-refractivity contribution in [2.75, 3.05) is 13.7 Å². The lowest BCUT2D eigenvalue weighted by molar-refractivity contribution is 0.233. The molecule has 0 amide bonds. The summed E-state index contributed by atoms with van der Waals surface area (Å²) in [4.78, 5) is 4.27. The standard InChI is InChI=1S/C15H21N3O3/c1-3-4-14-17-15(21-18-14)10-20-13-9-11(7-8-16)5-6-12(13)19-2/h5-6,9H,3-4,7-8,10,16H2,1-2H3. The number of nitrogens with two attached hydrogens (primary N) is 1. The van der Waals surface area contributed by atoms with Crippen LogP contribution >= 0.6 is 0 Å². The fraction of sp³-hybridized carbons (Fsp3) is 0.467. The zero-order valence-electron chi connectivity index (χ0n) is 12.5. The van der Waals surface area contributed by atoms with Gasteiger partial charge in [-0.2, -0.15) is 4.98 Å². The van der Waals surface area contributed by atoms with E-state index in [0.29, 0.717) is 29.8 Å². The van der Waals surface area contributed by atoms with Crippen molar-refractivity contribution in [2.24, 2.45) is 5.73 Å². The van der Waals surface area contributed by atoms with Crippen LogP contribution in [0.5, 0.6) is 11.5 Å². The lowest BCUT2D eigenvalue weighted by Crippen LogP contribution is -2.04. The van der Waals surface area contributed by atoms with E-state index in [1.54, 1.807) is 7.11 Å². The van der Waals surface area contributed by atoms with Gasteiger partial charge >= 0.3 is 0 Å². The van der Waals surface area contributed by atoms with Crippen molar-refractivity contribution in [3.8, 4) is 11.5 Å². The summed E-state index contributed by atoms with van der Waals surface area (Å²) in [6, 6.07) is 5.77. The first kappa shape index (κ1) is 15.3. The molecule has 21 heavy (non-hydrogen) atoms. The molecule has 0 saturated heterocycles. The molecule has 0 fully saturated rings. The van der Waals surface area contributed by atoms with Crippen molar-refractivity contribution in [1.29, 1.82) is 0 Å². The maximum absolute atomic E-state index is 5.73. The molecule has 0 spiro atoms. The van der Waals surface area contributed by atoms with E-state index in [4.69, 9.17) is 19.7 Å². The number of hydrogen-bond acceptors (Lipinski definition) is 6. The van der Waals surface area contributed by atoms with Crippen LogP contribution in [0.1, 0.15) is 30.6 Å². The minimum atomic E-state index is 0.221. The van der Waals surface area contributed by atoms with Crippen molar-refractivity contribution in [1.82, 2.24) is 10.1 Å². The number of aryl methyl sites for hydroxylation is 1. The van der Waals surface area contributed by atoms with Gasteiger partial charge in [-0.25, -0.2) is 0 Å². The molecular weight excluding hydrogens is 270 g/mol. The normalized spacial score (nSPS) is 10.6. The van der Waals surface area contributed by atoms with Crippen LogP contribution in [-0.2, 0) is 19.4 Å². The smallest absolute Gasteiger partial charge is 0.264 e.